The monoisotopic (exact) mass is 255 g/mol. The van der Waals surface area contributed by atoms with Crippen LogP contribution >= 0.6 is 0 Å². The Balaban J connectivity index is 2.63. The SMILES string of the molecule is CCCCC(C)(CC(=O)OCC)C1CCNCC1. The van der Waals surface area contributed by atoms with E-state index in [1.54, 1.807) is 0 Å². The highest BCUT2D eigenvalue weighted by molar-refractivity contribution is 5.70. The van der Waals surface area contributed by atoms with Gasteiger partial charge in [-0.1, -0.05) is 26.7 Å². The predicted molar refractivity (Wildman–Crippen MR) is 74.5 cm³/mol. The lowest BCUT2D eigenvalue weighted by molar-refractivity contribution is -0.147. The number of nitrogens with one attached hydrogen (secondary N) is 1. The highest BCUT2D eigenvalue weighted by Crippen LogP contribution is 2.41. The maximum atomic E-state index is 11.8. The average Bonchev–Trinajstić information content (AvgIpc) is 2.38. The Morgan fingerprint density at radius 3 is 2.56 bits per heavy atom. The highest BCUT2D eigenvalue weighted by atomic mass is 16.5. The van der Waals surface area contributed by atoms with Crippen molar-refractivity contribution in [1.29, 1.82) is 0 Å². The number of esters is 1. The molecule has 1 aliphatic rings. The van der Waals surface area contributed by atoms with Crippen LogP contribution in [0.25, 0.3) is 0 Å². The summed E-state index contributed by atoms with van der Waals surface area (Å²) in [5, 5.41) is 3.41. The quantitative estimate of drug-likeness (QED) is 0.710. The fourth-order valence-corrected chi connectivity index (χ4v) is 3.08. The van der Waals surface area contributed by atoms with E-state index in [0.29, 0.717) is 18.9 Å². The van der Waals surface area contributed by atoms with E-state index in [4.69, 9.17) is 4.74 Å². The van der Waals surface area contributed by atoms with Crippen LogP contribution < -0.4 is 5.32 Å². The Morgan fingerprint density at radius 1 is 1.33 bits per heavy atom. The molecule has 1 rings (SSSR count). The van der Waals surface area contributed by atoms with Gasteiger partial charge in [0.05, 0.1) is 13.0 Å². The molecule has 1 saturated heterocycles. The topological polar surface area (TPSA) is 38.3 Å². The van der Waals surface area contributed by atoms with Gasteiger partial charge in [0.15, 0.2) is 0 Å². The Bertz CT molecular complexity index is 249. The molecule has 0 aliphatic carbocycles. The van der Waals surface area contributed by atoms with Gasteiger partial charge in [0.1, 0.15) is 0 Å². The van der Waals surface area contributed by atoms with Crippen LogP contribution in [-0.4, -0.2) is 25.7 Å². The molecule has 0 spiro atoms. The zero-order valence-electron chi connectivity index (χ0n) is 12.3. The minimum Gasteiger partial charge on any atom is -0.466 e. The second-order valence-corrected chi connectivity index (χ2v) is 5.76. The molecule has 0 aromatic rings. The van der Waals surface area contributed by atoms with Gasteiger partial charge in [-0.2, -0.15) is 0 Å². The van der Waals surface area contributed by atoms with Crippen molar-refractivity contribution in [3.05, 3.63) is 0 Å². The van der Waals surface area contributed by atoms with E-state index in [2.05, 4.69) is 19.2 Å². The average molecular weight is 255 g/mol. The van der Waals surface area contributed by atoms with E-state index in [-0.39, 0.29) is 11.4 Å². The molecule has 0 amide bonds. The molecule has 3 heteroatoms. The van der Waals surface area contributed by atoms with E-state index >= 15 is 0 Å². The van der Waals surface area contributed by atoms with Gasteiger partial charge in [0.25, 0.3) is 0 Å². The molecule has 3 nitrogen and oxygen atoms in total. The molecule has 0 aromatic carbocycles. The number of ether oxygens (including phenoxy) is 1. The molecular formula is C15H29NO2. The third-order valence-electron chi connectivity index (χ3n) is 4.28. The Hall–Kier alpha value is -0.570. The summed E-state index contributed by atoms with van der Waals surface area (Å²) in [7, 11) is 0. The van der Waals surface area contributed by atoms with Gasteiger partial charge in [-0.05, 0) is 50.6 Å². The zero-order valence-corrected chi connectivity index (χ0v) is 12.3. The molecule has 1 fully saturated rings. The number of rotatable bonds is 7. The summed E-state index contributed by atoms with van der Waals surface area (Å²) in [6.07, 6.45) is 6.53. The number of hydrogen-bond acceptors (Lipinski definition) is 3. The smallest absolute Gasteiger partial charge is 0.306 e. The van der Waals surface area contributed by atoms with E-state index in [1.165, 1.54) is 25.7 Å². The number of unbranched alkanes of at least 4 members (excludes halogenated alkanes) is 1. The molecule has 0 aromatic heterocycles. The van der Waals surface area contributed by atoms with Gasteiger partial charge in [0, 0.05) is 0 Å². The molecule has 1 unspecified atom stereocenters. The Morgan fingerprint density at radius 2 is 2.00 bits per heavy atom. The minimum absolute atomic E-state index is 0.0189. The maximum absolute atomic E-state index is 11.8. The van der Waals surface area contributed by atoms with Gasteiger partial charge in [0.2, 0.25) is 0 Å². The van der Waals surface area contributed by atoms with Gasteiger partial charge in [-0.3, -0.25) is 4.79 Å². The van der Waals surface area contributed by atoms with Crippen molar-refractivity contribution in [3.63, 3.8) is 0 Å². The van der Waals surface area contributed by atoms with Gasteiger partial charge >= 0.3 is 5.97 Å². The fourth-order valence-electron chi connectivity index (χ4n) is 3.08. The van der Waals surface area contributed by atoms with Gasteiger partial charge < -0.3 is 10.1 Å². The van der Waals surface area contributed by atoms with E-state index < -0.39 is 0 Å². The summed E-state index contributed by atoms with van der Waals surface area (Å²) in [6, 6.07) is 0. The number of piperidine rings is 1. The summed E-state index contributed by atoms with van der Waals surface area (Å²) in [4.78, 5) is 11.8. The van der Waals surface area contributed by atoms with E-state index in [9.17, 15) is 4.79 Å². The summed E-state index contributed by atoms with van der Waals surface area (Å²) in [5.74, 6) is 0.643. The second-order valence-electron chi connectivity index (χ2n) is 5.76. The normalized spacial score (nSPS) is 20.4. The lowest BCUT2D eigenvalue weighted by Gasteiger charge is -2.39. The third-order valence-corrected chi connectivity index (χ3v) is 4.28. The number of hydrogen-bond donors (Lipinski definition) is 1. The minimum atomic E-state index is -0.0189. The van der Waals surface area contributed by atoms with Crippen LogP contribution in [0.4, 0.5) is 0 Å². The maximum Gasteiger partial charge on any atom is 0.306 e. The highest BCUT2D eigenvalue weighted by Gasteiger charge is 2.36. The zero-order chi connectivity index (χ0) is 13.4. The van der Waals surface area contributed by atoms with Gasteiger partial charge in [-0.15, -0.1) is 0 Å². The van der Waals surface area contributed by atoms with Crippen LogP contribution in [-0.2, 0) is 9.53 Å². The molecule has 1 heterocycles. The number of carbonyl (C=O) groups excluding carboxylic acids is 1. The first-order valence-electron chi connectivity index (χ1n) is 7.48. The lowest BCUT2D eigenvalue weighted by Crippen LogP contribution is -2.38. The standard InChI is InChI=1S/C15H29NO2/c1-4-6-9-15(3,12-14(17)18-5-2)13-7-10-16-11-8-13/h13,16H,4-12H2,1-3H3. The third kappa shape index (κ3) is 4.60. The van der Waals surface area contributed by atoms with Crippen molar-refractivity contribution in [3.8, 4) is 0 Å². The molecule has 0 radical (unpaired) electrons. The van der Waals surface area contributed by atoms with Gasteiger partial charge in [-0.25, -0.2) is 0 Å². The lowest BCUT2D eigenvalue weighted by atomic mass is 9.67. The van der Waals surface area contributed by atoms with Crippen LogP contribution in [0.2, 0.25) is 0 Å². The van der Waals surface area contributed by atoms with E-state index in [0.717, 1.165) is 19.5 Å². The van der Waals surface area contributed by atoms with Crippen molar-refractivity contribution in [2.45, 2.75) is 59.3 Å². The second kappa shape index (κ2) is 7.78. The first kappa shape index (κ1) is 15.5. The molecule has 0 saturated carbocycles. The summed E-state index contributed by atoms with van der Waals surface area (Å²) in [5.41, 5.74) is 0.129. The van der Waals surface area contributed by atoms with Crippen LogP contribution in [0.1, 0.15) is 59.3 Å². The van der Waals surface area contributed by atoms with Crippen LogP contribution in [0.5, 0.6) is 0 Å². The first-order chi connectivity index (χ1) is 8.62. The van der Waals surface area contributed by atoms with Crippen molar-refractivity contribution < 1.29 is 9.53 Å². The molecule has 106 valence electrons. The van der Waals surface area contributed by atoms with Crippen LogP contribution in [0.3, 0.4) is 0 Å². The Labute approximate surface area is 112 Å². The molecule has 1 atom stereocenters. The van der Waals surface area contributed by atoms with Crippen LogP contribution in [0.15, 0.2) is 0 Å². The Kier molecular flexibility index (Phi) is 6.69. The largest absolute Gasteiger partial charge is 0.466 e. The molecule has 1 aliphatic heterocycles. The molecular weight excluding hydrogens is 226 g/mol. The summed E-state index contributed by atoms with van der Waals surface area (Å²) >= 11 is 0. The summed E-state index contributed by atoms with van der Waals surface area (Å²) in [6.45, 7) is 9.06. The number of carbonyl (C=O) groups is 1. The van der Waals surface area contributed by atoms with E-state index in [1.807, 2.05) is 6.92 Å². The van der Waals surface area contributed by atoms with Crippen molar-refractivity contribution in [2.75, 3.05) is 19.7 Å². The molecule has 0 bridgehead atoms. The van der Waals surface area contributed by atoms with Crippen molar-refractivity contribution in [1.82, 2.24) is 5.32 Å². The fraction of sp³-hybridized carbons (Fsp3) is 0.933. The van der Waals surface area contributed by atoms with Crippen LogP contribution in [0, 0.1) is 11.3 Å². The van der Waals surface area contributed by atoms with Crippen molar-refractivity contribution >= 4 is 5.97 Å². The van der Waals surface area contributed by atoms with Crippen molar-refractivity contribution in [2.24, 2.45) is 11.3 Å². The predicted octanol–water partition coefficient (Wildman–Crippen LogP) is 3.14. The summed E-state index contributed by atoms with van der Waals surface area (Å²) < 4.78 is 5.15. The molecule has 1 N–H and O–H groups in total. The molecule has 18 heavy (non-hydrogen) atoms. The first-order valence-corrected chi connectivity index (χ1v) is 7.48.